The molecule has 1 aliphatic carbocycles. The molecule has 1 atom stereocenters. The van der Waals surface area contributed by atoms with Crippen LogP contribution < -0.4 is 19.8 Å². The number of aromatic nitrogens is 2. The Morgan fingerprint density at radius 2 is 1.68 bits per heavy atom. The Bertz CT molecular complexity index is 1360. The maximum absolute atomic E-state index is 13.6. The molecule has 3 N–H and O–H groups in total. The first-order valence-electron chi connectivity index (χ1n) is 13.7. The molecule has 218 valence electrons. The van der Waals surface area contributed by atoms with Gasteiger partial charge in [-0.2, -0.15) is 4.98 Å². The second-order valence-corrected chi connectivity index (χ2v) is 13.2. The van der Waals surface area contributed by atoms with Crippen molar-refractivity contribution in [3.63, 3.8) is 0 Å². The molecule has 1 aromatic carbocycles. The number of anilines is 4. The van der Waals surface area contributed by atoms with Gasteiger partial charge in [-0.1, -0.05) is 0 Å². The molecule has 3 aliphatic rings. The number of carbonyl (C=O) groups excluding carboxylic acids is 1. The zero-order chi connectivity index (χ0) is 28.7. The van der Waals surface area contributed by atoms with Crippen molar-refractivity contribution in [2.45, 2.75) is 64.4 Å². The molecule has 1 saturated carbocycles. The largest absolute Gasteiger partial charge is 0.392 e. The predicted molar refractivity (Wildman–Crippen MR) is 150 cm³/mol. The smallest absolute Gasteiger partial charge is 0.258 e. The molecular formula is C27H36F2N6O4S. The molecule has 3 fully saturated rings. The molecule has 1 aromatic heterocycles. The molecule has 1 spiro atoms. The summed E-state index contributed by atoms with van der Waals surface area (Å²) in [6.07, 6.45) is 2.88. The molecule has 2 aromatic rings. The van der Waals surface area contributed by atoms with Crippen molar-refractivity contribution in [3.8, 4) is 0 Å². The van der Waals surface area contributed by atoms with Crippen LogP contribution in [0.3, 0.4) is 0 Å². The van der Waals surface area contributed by atoms with Gasteiger partial charge in [0, 0.05) is 50.8 Å². The molecule has 5 rings (SSSR count). The van der Waals surface area contributed by atoms with E-state index >= 15 is 0 Å². The third-order valence-corrected chi connectivity index (χ3v) is 9.43. The Balaban J connectivity index is 1.39. The first kappa shape index (κ1) is 28.5. The minimum absolute atomic E-state index is 0.122. The number of aliphatic hydroxyl groups excluding tert-OH is 1. The number of nitrogens with one attached hydrogen (secondary N) is 2. The molecule has 0 bridgehead atoms. The lowest BCUT2D eigenvalue weighted by Gasteiger charge is -2.35. The molecule has 3 heterocycles. The van der Waals surface area contributed by atoms with E-state index in [1.165, 1.54) is 25.8 Å². The highest BCUT2D eigenvalue weighted by Crippen LogP contribution is 2.54. The number of aliphatic hydroxyl groups is 1. The number of hydrogen-bond donors (Lipinski definition) is 3. The van der Waals surface area contributed by atoms with E-state index in [2.05, 4.69) is 24.9 Å². The van der Waals surface area contributed by atoms with Crippen molar-refractivity contribution >= 4 is 39.1 Å². The van der Waals surface area contributed by atoms with E-state index in [0.717, 1.165) is 25.9 Å². The number of halogens is 2. The van der Waals surface area contributed by atoms with Crippen LogP contribution in [0.2, 0.25) is 0 Å². The minimum Gasteiger partial charge on any atom is -0.392 e. The number of hydrogen-bond acceptors (Lipinski definition) is 8. The van der Waals surface area contributed by atoms with E-state index in [4.69, 9.17) is 0 Å². The van der Waals surface area contributed by atoms with Crippen LogP contribution in [0.25, 0.3) is 0 Å². The lowest BCUT2D eigenvalue weighted by atomic mass is 9.93. The van der Waals surface area contributed by atoms with Crippen LogP contribution in [-0.4, -0.2) is 73.4 Å². The number of piperidine rings is 2. The Hall–Kier alpha value is -3.06. The maximum atomic E-state index is 13.6. The maximum Gasteiger partial charge on any atom is 0.258 e. The molecular weight excluding hydrogens is 542 g/mol. The Morgan fingerprint density at radius 1 is 1.02 bits per heavy atom. The minimum atomic E-state index is -3.79. The summed E-state index contributed by atoms with van der Waals surface area (Å²) in [7, 11) is -3.79. The van der Waals surface area contributed by atoms with Gasteiger partial charge in [-0.05, 0) is 63.1 Å². The van der Waals surface area contributed by atoms with Crippen molar-refractivity contribution in [2.24, 2.45) is 5.41 Å². The number of aryl methyl sites for hydroxylation is 1. The lowest BCUT2D eigenvalue weighted by molar-refractivity contribution is -0.0222. The first-order valence-corrected chi connectivity index (χ1v) is 15.3. The fourth-order valence-corrected chi connectivity index (χ4v) is 6.67. The number of alkyl halides is 2. The van der Waals surface area contributed by atoms with E-state index in [9.17, 15) is 27.1 Å². The van der Waals surface area contributed by atoms with Gasteiger partial charge in [0.15, 0.2) is 0 Å². The topological polar surface area (TPSA) is 128 Å². The van der Waals surface area contributed by atoms with Crippen LogP contribution in [0.1, 0.15) is 61.5 Å². The summed E-state index contributed by atoms with van der Waals surface area (Å²) in [5, 5.41) is 12.4. The lowest BCUT2D eigenvalue weighted by Crippen LogP contribution is -2.40. The number of carbonyl (C=O) groups is 1. The van der Waals surface area contributed by atoms with Crippen molar-refractivity contribution in [2.75, 3.05) is 51.8 Å². The van der Waals surface area contributed by atoms with Gasteiger partial charge in [0.1, 0.15) is 5.82 Å². The summed E-state index contributed by atoms with van der Waals surface area (Å²) in [5.41, 5.74) is 2.27. The zero-order valence-electron chi connectivity index (χ0n) is 22.8. The van der Waals surface area contributed by atoms with Gasteiger partial charge in [-0.15, -0.1) is 0 Å². The van der Waals surface area contributed by atoms with E-state index in [0.29, 0.717) is 34.0 Å². The normalized spacial score (nSPS) is 20.7. The molecule has 0 unspecified atom stereocenters. The molecule has 10 nitrogen and oxygen atoms in total. The van der Waals surface area contributed by atoms with E-state index in [1.54, 1.807) is 30.0 Å². The molecule has 13 heteroatoms. The Morgan fingerprint density at radius 3 is 2.30 bits per heavy atom. The summed E-state index contributed by atoms with van der Waals surface area (Å²) in [6.45, 7) is 4.90. The second-order valence-electron chi connectivity index (χ2n) is 11.4. The van der Waals surface area contributed by atoms with Crippen LogP contribution in [0.4, 0.5) is 31.9 Å². The van der Waals surface area contributed by atoms with Gasteiger partial charge in [-0.25, -0.2) is 22.2 Å². The fraction of sp³-hybridized carbons (Fsp3) is 0.593. The number of nitrogens with zero attached hydrogens (tertiary/aromatic N) is 4. The molecule has 2 saturated heterocycles. The van der Waals surface area contributed by atoms with Crippen LogP contribution in [0.5, 0.6) is 0 Å². The third kappa shape index (κ3) is 6.80. The summed E-state index contributed by atoms with van der Waals surface area (Å²) >= 11 is 0. The van der Waals surface area contributed by atoms with Gasteiger partial charge in [0.05, 0.1) is 28.8 Å². The van der Waals surface area contributed by atoms with Crippen LogP contribution in [-0.2, 0) is 10.0 Å². The van der Waals surface area contributed by atoms with Crippen molar-refractivity contribution in [1.29, 1.82) is 0 Å². The van der Waals surface area contributed by atoms with E-state index in [-0.39, 0.29) is 31.7 Å². The molecule has 0 radical (unpaired) electrons. The summed E-state index contributed by atoms with van der Waals surface area (Å²) in [5.74, 6) is -3.01. The van der Waals surface area contributed by atoms with Crippen molar-refractivity contribution in [3.05, 3.63) is 35.5 Å². The standard InChI is InChI=1S/C27H36F2N6O4S/c1-18-15-23(32-25(30-18)35-13-9-27(28,29)10-14-35)31-24(37)21-4-3-20(33-40(38,39)17-19(2)36)16-22(21)34-11-7-26(5-6-26)8-12-34/h3-4,15-16,19,33,36H,5-14,17H2,1-2H3,(H,30,31,32,37)/t19-/m0/s1. The molecule has 40 heavy (non-hydrogen) atoms. The number of amides is 1. The monoisotopic (exact) mass is 578 g/mol. The predicted octanol–water partition coefficient (Wildman–Crippen LogP) is 3.78. The number of sulfonamides is 1. The van der Waals surface area contributed by atoms with E-state index in [1.807, 2.05) is 0 Å². The highest BCUT2D eigenvalue weighted by Gasteiger charge is 2.44. The Kier molecular flexibility index (Phi) is 7.64. The van der Waals surface area contributed by atoms with Crippen LogP contribution in [0.15, 0.2) is 24.3 Å². The van der Waals surface area contributed by atoms with Gasteiger partial charge in [0.2, 0.25) is 16.0 Å². The van der Waals surface area contributed by atoms with Crippen LogP contribution in [0, 0.1) is 12.3 Å². The average Bonchev–Trinajstić information content (AvgIpc) is 3.61. The quantitative estimate of drug-likeness (QED) is 0.432. The molecule has 1 amide bonds. The molecule has 2 aliphatic heterocycles. The fourth-order valence-electron chi connectivity index (χ4n) is 5.46. The van der Waals surface area contributed by atoms with Crippen molar-refractivity contribution in [1.82, 2.24) is 9.97 Å². The summed E-state index contributed by atoms with van der Waals surface area (Å²) in [6, 6.07) is 6.38. The van der Waals surface area contributed by atoms with Crippen LogP contribution >= 0.6 is 0 Å². The zero-order valence-corrected chi connectivity index (χ0v) is 23.6. The van der Waals surface area contributed by atoms with Crippen molar-refractivity contribution < 1.29 is 27.1 Å². The number of rotatable bonds is 8. The van der Waals surface area contributed by atoms with E-state index < -0.39 is 33.7 Å². The average molecular weight is 579 g/mol. The summed E-state index contributed by atoms with van der Waals surface area (Å²) in [4.78, 5) is 26.2. The SMILES string of the molecule is Cc1cc(NC(=O)c2ccc(NS(=O)(=O)C[C@H](C)O)cc2N2CCC3(CC2)CC3)nc(N2CCC(F)(F)CC2)n1. The highest BCUT2D eigenvalue weighted by molar-refractivity contribution is 7.92. The number of benzene rings is 1. The second kappa shape index (κ2) is 10.7. The third-order valence-electron chi connectivity index (χ3n) is 7.96. The van der Waals surface area contributed by atoms with Gasteiger partial charge in [0.25, 0.3) is 11.8 Å². The van der Waals surface area contributed by atoms with Gasteiger partial charge in [-0.3, -0.25) is 9.52 Å². The highest BCUT2D eigenvalue weighted by atomic mass is 32.2. The Labute approximate surface area is 233 Å². The first-order chi connectivity index (χ1) is 18.8. The van der Waals surface area contributed by atoms with Gasteiger partial charge >= 0.3 is 0 Å². The van der Waals surface area contributed by atoms with Gasteiger partial charge < -0.3 is 20.2 Å². The summed E-state index contributed by atoms with van der Waals surface area (Å²) < 4.78 is 54.7.